The van der Waals surface area contributed by atoms with Gasteiger partial charge in [0.05, 0.1) is 33.3 Å². The molecule has 1 fully saturated rings. The molecule has 0 spiro atoms. The van der Waals surface area contributed by atoms with Crippen molar-refractivity contribution in [2.45, 2.75) is 25.3 Å². The molecule has 0 saturated carbocycles. The zero-order valence-corrected chi connectivity index (χ0v) is 13.7. The molecule has 1 aromatic carbocycles. The van der Waals surface area contributed by atoms with Gasteiger partial charge in [-0.15, -0.1) is 0 Å². The molecule has 1 aliphatic rings. The minimum Gasteiger partial charge on any atom is -0.497 e. The number of nitrogens with one attached hydrogen (secondary N) is 1. The van der Waals surface area contributed by atoms with E-state index in [9.17, 15) is 4.79 Å². The number of benzene rings is 1. The van der Waals surface area contributed by atoms with E-state index in [1.807, 2.05) is 24.3 Å². The van der Waals surface area contributed by atoms with Crippen molar-refractivity contribution in [2.24, 2.45) is 0 Å². The highest BCUT2D eigenvalue weighted by Crippen LogP contribution is 2.38. The van der Waals surface area contributed by atoms with E-state index in [2.05, 4.69) is 10.2 Å². The molecule has 1 aromatic rings. The van der Waals surface area contributed by atoms with Gasteiger partial charge in [0.15, 0.2) is 0 Å². The second kappa shape index (κ2) is 8.39. The lowest BCUT2D eigenvalue weighted by Gasteiger charge is -2.26. The van der Waals surface area contributed by atoms with Crippen LogP contribution in [0.15, 0.2) is 18.2 Å². The molecule has 0 bridgehead atoms. The molecular weight excluding hydrogens is 294 g/mol. The number of rotatable bonds is 7. The van der Waals surface area contributed by atoms with E-state index < -0.39 is 0 Å². The molecule has 0 aromatic heterocycles. The molecule has 1 heterocycles. The first kappa shape index (κ1) is 17.1. The van der Waals surface area contributed by atoms with E-state index in [1.165, 1.54) is 0 Å². The maximum absolute atomic E-state index is 12.0. The number of carbonyl (C=O) groups excluding carboxylic acids is 1. The summed E-state index contributed by atoms with van der Waals surface area (Å²) >= 11 is 0. The van der Waals surface area contributed by atoms with Crippen LogP contribution in [0.1, 0.15) is 30.9 Å². The van der Waals surface area contributed by atoms with Crippen LogP contribution in [0, 0.1) is 11.3 Å². The molecule has 0 radical (unpaired) electrons. The SMILES string of the molecule is COc1ccc(OC)c(C2CCCN2CC(=O)NCCC#N)c1. The van der Waals surface area contributed by atoms with Crippen LogP contribution >= 0.6 is 0 Å². The minimum absolute atomic E-state index is 0.0472. The van der Waals surface area contributed by atoms with Crippen molar-refractivity contribution >= 4 is 5.91 Å². The molecular formula is C17H23N3O3. The Morgan fingerprint density at radius 1 is 1.43 bits per heavy atom. The number of nitriles is 1. The van der Waals surface area contributed by atoms with Gasteiger partial charge in [-0.05, 0) is 37.6 Å². The molecule has 2 rings (SSSR count). The number of nitrogens with zero attached hydrogens (tertiary/aromatic N) is 2. The quantitative estimate of drug-likeness (QED) is 0.777. The molecule has 6 nitrogen and oxygen atoms in total. The number of amides is 1. The van der Waals surface area contributed by atoms with Crippen molar-refractivity contribution in [2.75, 3.05) is 33.9 Å². The average molecular weight is 317 g/mol. The Kier molecular flexibility index (Phi) is 6.24. The average Bonchev–Trinajstić information content (AvgIpc) is 3.02. The van der Waals surface area contributed by atoms with E-state index in [0.29, 0.717) is 19.5 Å². The third kappa shape index (κ3) is 4.36. The number of ether oxygens (including phenoxy) is 2. The second-order valence-corrected chi connectivity index (χ2v) is 5.49. The van der Waals surface area contributed by atoms with Gasteiger partial charge in [-0.25, -0.2) is 0 Å². The van der Waals surface area contributed by atoms with Gasteiger partial charge in [-0.3, -0.25) is 9.69 Å². The van der Waals surface area contributed by atoms with E-state index in [0.717, 1.165) is 36.4 Å². The Morgan fingerprint density at radius 2 is 2.26 bits per heavy atom. The first-order chi connectivity index (χ1) is 11.2. The molecule has 1 aliphatic heterocycles. The van der Waals surface area contributed by atoms with Gasteiger partial charge in [-0.1, -0.05) is 0 Å². The molecule has 1 unspecified atom stereocenters. The van der Waals surface area contributed by atoms with Crippen molar-refractivity contribution in [1.82, 2.24) is 10.2 Å². The van der Waals surface area contributed by atoms with Crippen molar-refractivity contribution in [3.63, 3.8) is 0 Å². The minimum atomic E-state index is -0.0472. The van der Waals surface area contributed by atoms with Crippen LogP contribution < -0.4 is 14.8 Å². The van der Waals surface area contributed by atoms with Gasteiger partial charge in [0.2, 0.25) is 5.91 Å². The van der Waals surface area contributed by atoms with Crippen LogP contribution in [-0.4, -0.2) is 44.7 Å². The van der Waals surface area contributed by atoms with Crippen LogP contribution in [0.4, 0.5) is 0 Å². The third-order valence-electron chi connectivity index (χ3n) is 4.07. The fourth-order valence-electron chi connectivity index (χ4n) is 2.97. The summed E-state index contributed by atoms with van der Waals surface area (Å²) in [6, 6.07) is 7.91. The highest BCUT2D eigenvalue weighted by atomic mass is 16.5. The highest BCUT2D eigenvalue weighted by Gasteiger charge is 2.29. The molecule has 1 saturated heterocycles. The summed E-state index contributed by atoms with van der Waals surface area (Å²) in [6.45, 7) is 1.60. The monoisotopic (exact) mass is 317 g/mol. The van der Waals surface area contributed by atoms with Crippen LogP contribution in [0.2, 0.25) is 0 Å². The molecule has 124 valence electrons. The normalized spacial score (nSPS) is 17.5. The Balaban J connectivity index is 2.09. The van der Waals surface area contributed by atoms with Crippen molar-refractivity contribution in [1.29, 1.82) is 5.26 Å². The predicted molar refractivity (Wildman–Crippen MR) is 86.3 cm³/mol. The van der Waals surface area contributed by atoms with Gasteiger partial charge >= 0.3 is 0 Å². The number of likely N-dealkylation sites (tertiary alicyclic amines) is 1. The Bertz CT molecular complexity index is 583. The van der Waals surface area contributed by atoms with Crippen LogP contribution in [0.3, 0.4) is 0 Å². The standard InChI is InChI=1S/C17H23N3O3/c1-22-13-6-7-16(23-2)14(11-13)15-5-3-10-20(15)12-17(21)19-9-4-8-18/h6-7,11,15H,3-5,9-10,12H2,1-2H3,(H,19,21). The Labute approximate surface area is 137 Å². The van der Waals surface area contributed by atoms with Crippen LogP contribution in [0.25, 0.3) is 0 Å². The molecule has 0 aliphatic carbocycles. The fourth-order valence-corrected chi connectivity index (χ4v) is 2.97. The largest absolute Gasteiger partial charge is 0.497 e. The zero-order chi connectivity index (χ0) is 16.7. The third-order valence-corrected chi connectivity index (χ3v) is 4.07. The number of hydrogen-bond donors (Lipinski definition) is 1. The summed E-state index contributed by atoms with van der Waals surface area (Å²) in [6.07, 6.45) is 2.35. The van der Waals surface area contributed by atoms with Crippen LogP contribution in [-0.2, 0) is 4.79 Å². The van der Waals surface area contributed by atoms with E-state index in [1.54, 1.807) is 14.2 Å². The number of methoxy groups -OCH3 is 2. The lowest BCUT2D eigenvalue weighted by molar-refractivity contribution is -0.122. The predicted octanol–water partition coefficient (Wildman–Crippen LogP) is 1.87. The first-order valence-electron chi connectivity index (χ1n) is 7.79. The highest BCUT2D eigenvalue weighted by molar-refractivity contribution is 5.78. The lowest BCUT2D eigenvalue weighted by atomic mass is 10.0. The smallest absolute Gasteiger partial charge is 0.234 e. The maximum atomic E-state index is 12.0. The van der Waals surface area contributed by atoms with Gasteiger partial charge in [0, 0.05) is 18.2 Å². The summed E-state index contributed by atoms with van der Waals surface area (Å²) in [4.78, 5) is 14.2. The van der Waals surface area contributed by atoms with Gasteiger partial charge in [0.25, 0.3) is 0 Å². The fraction of sp³-hybridized carbons (Fsp3) is 0.529. The van der Waals surface area contributed by atoms with Gasteiger partial charge in [-0.2, -0.15) is 5.26 Å². The van der Waals surface area contributed by atoms with Gasteiger partial charge < -0.3 is 14.8 Å². The van der Waals surface area contributed by atoms with Crippen molar-refractivity contribution in [3.8, 4) is 17.6 Å². The Morgan fingerprint density at radius 3 is 2.96 bits per heavy atom. The molecule has 1 amide bonds. The van der Waals surface area contributed by atoms with Crippen molar-refractivity contribution in [3.05, 3.63) is 23.8 Å². The topological polar surface area (TPSA) is 74.6 Å². The maximum Gasteiger partial charge on any atom is 0.234 e. The number of carbonyl (C=O) groups is 1. The zero-order valence-electron chi connectivity index (χ0n) is 13.7. The Hall–Kier alpha value is -2.26. The second-order valence-electron chi connectivity index (χ2n) is 5.49. The molecule has 1 atom stereocenters. The van der Waals surface area contributed by atoms with Crippen LogP contribution in [0.5, 0.6) is 11.5 Å². The van der Waals surface area contributed by atoms with E-state index in [4.69, 9.17) is 14.7 Å². The first-order valence-corrected chi connectivity index (χ1v) is 7.79. The summed E-state index contributed by atoms with van der Waals surface area (Å²) in [5.74, 6) is 1.55. The van der Waals surface area contributed by atoms with Gasteiger partial charge in [0.1, 0.15) is 11.5 Å². The molecule has 6 heteroatoms. The number of hydrogen-bond acceptors (Lipinski definition) is 5. The summed E-state index contributed by atoms with van der Waals surface area (Å²) in [5.41, 5.74) is 1.05. The summed E-state index contributed by atoms with van der Waals surface area (Å²) in [5, 5.41) is 11.3. The van der Waals surface area contributed by atoms with E-state index in [-0.39, 0.29) is 11.9 Å². The molecule has 23 heavy (non-hydrogen) atoms. The van der Waals surface area contributed by atoms with E-state index >= 15 is 0 Å². The summed E-state index contributed by atoms with van der Waals surface area (Å²) in [7, 11) is 3.29. The summed E-state index contributed by atoms with van der Waals surface area (Å²) < 4.78 is 10.8. The molecule has 1 N–H and O–H groups in total. The van der Waals surface area contributed by atoms with Crippen molar-refractivity contribution < 1.29 is 14.3 Å². The lowest BCUT2D eigenvalue weighted by Crippen LogP contribution is -2.37.